The molecule has 0 aromatic rings. The highest BCUT2D eigenvalue weighted by Crippen LogP contribution is 2.13. The quantitative estimate of drug-likeness (QED) is 0.488. The van der Waals surface area contributed by atoms with Crippen LogP contribution in [0.25, 0.3) is 0 Å². The molecule has 0 unspecified atom stereocenters. The number of hydrazone groups is 1. The predicted molar refractivity (Wildman–Crippen MR) is 54.9 cm³/mol. The van der Waals surface area contributed by atoms with Crippen molar-refractivity contribution in [2.45, 2.75) is 25.8 Å². The van der Waals surface area contributed by atoms with Gasteiger partial charge in [0.25, 0.3) is 0 Å². The van der Waals surface area contributed by atoms with Crippen LogP contribution in [0.2, 0.25) is 0 Å². The Kier molecular flexibility index (Phi) is 4.54. The average molecular weight is 182 g/mol. The fourth-order valence-electron chi connectivity index (χ4n) is 1.55. The van der Waals surface area contributed by atoms with Gasteiger partial charge >= 0.3 is 0 Å². The van der Waals surface area contributed by atoms with Crippen molar-refractivity contribution >= 4 is 6.21 Å². The van der Waals surface area contributed by atoms with E-state index in [2.05, 4.69) is 23.6 Å². The fourth-order valence-corrected chi connectivity index (χ4v) is 1.55. The van der Waals surface area contributed by atoms with E-state index < -0.39 is 0 Å². The smallest absolute Gasteiger partial charge is 0.0514 e. The molecule has 0 bridgehead atoms. The third-order valence-electron chi connectivity index (χ3n) is 2.26. The molecule has 3 nitrogen and oxygen atoms in total. The molecule has 1 heterocycles. The topological polar surface area (TPSA) is 24.8 Å². The lowest BCUT2D eigenvalue weighted by molar-refractivity contribution is 0.0371. The van der Waals surface area contributed by atoms with Crippen LogP contribution in [-0.4, -0.2) is 37.0 Å². The molecule has 3 heteroatoms. The number of hydrogen-bond acceptors (Lipinski definition) is 3. The highest BCUT2D eigenvalue weighted by molar-refractivity contribution is 5.69. The minimum atomic E-state index is 0.551. The van der Waals surface area contributed by atoms with Crippen molar-refractivity contribution < 1.29 is 4.74 Å². The summed E-state index contributed by atoms with van der Waals surface area (Å²) in [7, 11) is 0. The van der Waals surface area contributed by atoms with Crippen LogP contribution in [0.15, 0.2) is 17.8 Å². The Morgan fingerprint density at radius 3 is 2.77 bits per heavy atom. The molecule has 0 N–H and O–H groups in total. The van der Waals surface area contributed by atoms with Gasteiger partial charge in [-0.25, -0.2) is 0 Å². The lowest BCUT2D eigenvalue weighted by Gasteiger charge is -2.31. The zero-order chi connectivity index (χ0) is 9.52. The lowest BCUT2D eigenvalue weighted by atomic mass is 10.1. The van der Waals surface area contributed by atoms with Gasteiger partial charge in [-0.3, -0.25) is 5.01 Å². The molecule has 1 fully saturated rings. The third-order valence-corrected chi connectivity index (χ3v) is 2.26. The summed E-state index contributed by atoms with van der Waals surface area (Å²) >= 11 is 0. The summed E-state index contributed by atoms with van der Waals surface area (Å²) < 4.78 is 5.30. The van der Waals surface area contributed by atoms with Crippen LogP contribution in [-0.2, 0) is 4.74 Å². The Hall–Kier alpha value is -0.830. The first kappa shape index (κ1) is 10.3. The molecule has 0 aromatic carbocycles. The summed E-state index contributed by atoms with van der Waals surface area (Å²) in [5.41, 5.74) is 0. The van der Waals surface area contributed by atoms with Crippen LogP contribution < -0.4 is 0 Å². The molecule has 0 aromatic heterocycles. The summed E-state index contributed by atoms with van der Waals surface area (Å²) in [6.45, 7) is 8.42. The molecule has 1 saturated heterocycles. The van der Waals surface area contributed by atoms with Gasteiger partial charge in [0, 0.05) is 26.0 Å². The van der Waals surface area contributed by atoms with E-state index in [9.17, 15) is 0 Å². The molecule has 0 saturated carbocycles. The molecule has 0 amide bonds. The van der Waals surface area contributed by atoms with Crippen molar-refractivity contribution in [3.63, 3.8) is 0 Å². The van der Waals surface area contributed by atoms with Crippen molar-refractivity contribution in [1.29, 1.82) is 0 Å². The van der Waals surface area contributed by atoms with E-state index in [4.69, 9.17) is 4.74 Å². The van der Waals surface area contributed by atoms with Crippen LogP contribution in [0.1, 0.15) is 19.8 Å². The van der Waals surface area contributed by atoms with Gasteiger partial charge in [0.15, 0.2) is 0 Å². The predicted octanol–water partition coefficient (Wildman–Crippen LogP) is 1.66. The van der Waals surface area contributed by atoms with Crippen molar-refractivity contribution in [3.05, 3.63) is 12.7 Å². The molecular formula is C10H18N2O. The number of hydrogen-bond donors (Lipinski definition) is 0. The maximum Gasteiger partial charge on any atom is 0.0514 e. The first-order chi connectivity index (χ1) is 6.38. The summed E-state index contributed by atoms with van der Waals surface area (Å²) in [5, 5.41) is 6.43. The van der Waals surface area contributed by atoms with Crippen LogP contribution >= 0.6 is 0 Å². The first-order valence-corrected chi connectivity index (χ1v) is 4.88. The number of rotatable bonds is 4. The summed E-state index contributed by atoms with van der Waals surface area (Å²) in [6.07, 6.45) is 5.63. The molecule has 0 aliphatic carbocycles. The second-order valence-electron chi connectivity index (χ2n) is 3.10. The Bertz CT molecular complexity index is 174. The van der Waals surface area contributed by atoms with E-state index in [-0.39, 0.29) is 0 Å². The second-order valence-corrected chi connectivity index (χ2v) is 3.10. The first-order valence-electron chi connectivity index (χ1n) is 4.88. The minimum Gasteiger partial charge on any atom is -0.381 e. The van der Waals surface area contributed by atoms with Crippen molar-refractivity contribution in [1.82, 2.24) is 5.01 Å². The van der Waals surface area contributed by atoms with Crippen molar-refractivity contribution in [2.24, 2.45) is 5.10 Å². The van der Waals surface area contributed by atoms with E-state index in [0.29, 0.717) is 6.04 Å². The molecule has 13 heavy (non-hydrogen) atoms. The van der Waals surface area contributed by atoms with E-state index in [1.165, 1.54) is 0 Å². The van der Waals surface area contributed by atoms with Crippen molar-refractivity contribution in [3.8, 4) is 0 Å². The zero-order valence-corrected chi connectivity index (χ0v) is 8.28. The zero-order valence-electron chi connectivity index (χ0n) is 8.28. The molecule has 1 rings (SSSR count). The van der Waals surface area contributed by atoms with E-state index in [0.717, 1.165) is 32.6 Å². The van der Waals surface area contributed by atoms with Gasteiger partial charge in [-0.05, 0) is 25.8 Å². The fraction of sp³-hybridized carbons (Fsp3) is 0.700. The van der Waals surface area contributed by atoms with Gasteiger partial charge in [0.1, 0.15) is 0 Å². The Morgan fingerprint density at radius 2 is 2.23 bits per heavy atom. The van der Waals surface area contributed by atoms with Gasteiger partial charge in [-0.1, -0.05) is 6.58 Å². The Balaban J connectivity index is 2.43. The molecule has 1 aliphatic rings. The molecule has 0 radical (unpaired) electrons. The molecule has 74 valence electrons. The maximum atomic E-state index is 5.30. The summed E-state index contributed by atoms with van der Waals surface area (Å²) in [6, 6.07) is 0.551. The van der Waals surface area contributed by atoms with E-state index >= 15 is 0 Å². The lowest BCUT2D eigenvalue weighted by Crippen LogP contribution is -2.35. The van der Waals surface area contributed by atoms with Crippen LogP contribution in [0.4, 0.5) is 0 Å². The van der Waals surface area contributed by atoms with Crippen LogP contribution in [0.5, 0.6) is 0 Å². The van der Waals surface area contributed by atoms with Gasteiger partial charge in [0.05, 0.1) is 6.04 Å². The van der Waals surface area contributed by atoms with Gasteiger partial charge in [-0.2, -0.15) is 5.10 Å². The molecule has 1 aliphatic heterocycles. The van der Waals surface area contributed by atoms with E-state index in [1.54, 1.807) is 12.3 Å². The Morgan fingerprint density at radius 1 is 1.54 bits per heavy atom. The largest absolute Gasteiger partial charge is 0.381 e. The van der Waals surface area contributed by atoms with Crippen LogP contribution in [0, 0.1) is 0 Å². The second kappa shape index (κ2) is 5.75. The molecule has 0 atom stereocenters. The number of nitrogens with zero attached hydrogens (tertiary/aromatic N) is 2. The normalized spacial score (nSPS) is 19.2. The number of allylic oxidation sites excluding steroid dienone is 1. The molecular weight excluding hydrogens is 164 g/mol. The van der Waals surface area contributed by atoms with E-state index in [1.807, 2.05) is 0 Å². The van der Waals surface area contributed by atoms with Gasteiger partial charge in [-0.15, -0.1) is 0 Å². The maximum absolute atomic E-state index is 5.30. The monoisotopic (exact) mass is 182 g/mol. The summed E-state index contributed by atoms with van der Waals surface area (Å²) in [5.74, 6) is 0. The highest BCUT2D eigenvalue weighted by Gasteiger charge is 2.18. The Labute approximate surface area is 80.1 Å². The highest BCUT2D eigenvalue weighted by atomic mass is 16.5. The van der Waals surface area contributed by atoms with Gasteiger partial charge in [0.2, 0.25) is 0 Å². The van der Waals surface area contributed by atoms with Crippen molar-refractivity contribution in [2.75, 3.05) is 19.8 Å². The third kappa shape index (κ3) is 3.19. The number of ether oxygens (including phenoxy) is 1. The minimum absolute atomic E-state index is 0.551. The standard InChI is InChI=1S/C10H18N2O/c1-3-7-11-12(4-2)10-5-8-13-9-6-10/h3,7,10H,1,4-6,8-9H2,2H3/b11-7-. The van der Waals surface area contributed by atoms with Gasteiger partial charge < -0.3 is 4.74 Å². The SMILES string of the molecule is C=C/C=N\N(CC)C1CCOCC1. The average Bonchev–Trinajstić information content (AvgIpc) is 2.21. The van der Waals surface area contributed by atoms with Crippen LogP contribution in [0.3, 0.4) is 0 Å². The summed E-state index contributed by atoms with van der Waals surface area (Å²) in [4.78, 5) is 0. The molecule has 0 spiro atoms.